The maximum Gasteiger partial charge on any atom is 0.352 e. The van der Waals surface area contributed by atoms with Gasteiger partial charge in [0.25, 0.3) is 0 Å². The summed E-state index contributed by atoms with van der Waals surface area (Å²) in [6.07, 6.45) is 5.16. The molecular formula is C42H74N18O11. The third-order valence-corrected chi connectivity index (χ3v) is 11.1. The van der Waals surface area contributed by atoms with Crippen molar-refractivity contribution in [1.29, 1.82) is 0 Å². The fourth-order valence-corrected chi connectivity index (χ4v) is 7.18. The van der Waals surface area contributed by atoms with Gasteiger partial charge < -0.3 is 97.5 Å². The summed E-state index contributed by atoms with van der Waals surface area (Å²) < 4.78 is 0. The molecule has 1 aliphatic rings. The first kappa shape index (κ1) is 60.3. The molecule has 1 saturated heterocycles. The second kappa shape index (κ2) is 32.2. The highest BCUT2D eigenvalue weighted by Gasteiger charge is 2.39. The fraction of sp³-hybridized carbons (Fsp3) is 0.643. The molecule has 1 aromatic heterocycles. The number of aromatic amines is 1. The Bertz CT molecular complexity index is 1980. The first-order valence-electron chi connectivity index (χ1n) is 23.4. The summed E-state index contributed by atoms with van der Waals surface area (Å²) in [5, 5.41) is 37.3. The van der Waals surface area contributed by atoms with Gasteiger partial charge in [-0.25, -0.2) is 9.78 Å². The van der Waals surface area contributed by atoms with Gasteiger partial charge in [-0.15, -0.1) is 0 Å². The van der Waals surface area contributed by atoms with Crippen LogP contribution in [0.15, 0.2) is 29.3 Å². The van der Waals surface area contributed by atoms with E-state index >= 15 is 0 Å². The number of imidazole rings is 1. The Balaban J connectivity index is 2.17. The molecule has 0 unspecified atom stereocenters. The van der Waals surface area contributed by atoms with Gasteiger partial charge in [0.15, 0.2) is 5.96 Å². The SMILES string of the molecule is C[C@H](NC(=O)[C@@H](NC(=O)[C@@H](N)CCCCN)[C@@H](O)CN)C(=O)NCC(=O)N[C@H](CCN)C(=O)N1CCC[C@H]1C(=O)N[C@@H](Cc1cnc[nH]1)C(=O)N[C@@H](CCCCN)C(=O)N/C(=C\CCN=C(N)N)C(=O)O. The molecule has 0 bridgehead atoms. The van der Waals surface area contributed by atoms with Crippen molar-refractivity contribution in [3.8, 4) is 0 Å². The number of hydrogen-bond donors (Lipinski definition) is 17. The molecule has 398 valence electrons. The van der Waals surface area contributed by atoms with E-state index in [-0.39, 0.29) is 70.7 Å². The predicted molar refractivity (Wildman–Crippen MR) is 257 cm³/mol. The number of nitrogens with zero attached hydrogens (tertiary/aromatic N) is 3. The number of aliphatic hydroxyl groups is 1. The van der Waals surface area contributed by atoms with E-state index in [9.17, 15) is 53.4 Å². The zero-order valence-electron chi connectivity index (χ0n) is 40.0. The minimum atomic E-state index is -1.56. The first-order chi connectivity index (χ1) is 33.8. The molecule has 8 amide bonds. The number of unbranched alkanes of at least 4 members (excludes halogenated alkanes) is 2. The molecule has 29 nitrogen and oxygen atoms in total. The van der Waals surface area contributed by atoms with Gasteiger partial charge >= 0.3 is 5.97 Å². The summed E-state index contributed by atoms with van der Waals surface area (Å²) in [5.41, 5.74) is 39.0. The molecule has 8 atom stereocenters. The van der Waals surface area contributed by atoms with Crippen LogP contribution in [0.3, 0.4) is 0 Å². The van der Waals surface area contributed by atoms with Crippen molar-refractivity contribution in [3.63, 3.8) is 0 Å². The summed E-state index contributed by atoms with van der Waals surface area (Å²) in [6.45, 7) is 0.940. The van der Waals surface area contributed by atoms with E-state index in [1.807, 2.05) is 0 Å². The molecule has 0 saturated carbocycles. The molecule has 1 fully saturated rings. The number of guanidine groups is 1. The Kier molecular flexibility index (Phi) is 27.3. The molecule has 24 N–H and O–H groups in total. The molecule has 0 aromatic carbocycles. The van der Waals surface area contributed by atoms with Crippen molar-refractivity contribution in [2.24, 2.45) is 45.1 Å². The molecular weight excluding hydrogens is 933 g/mol. The molecule has 0 radical (unpaired) electrons. The first-order valence-corrected chi connectivity index (χ1v) is 23.4. The van der Waals surface area contributed by atoms with Gasteiger partial charge in [0.2, 0.25) is 47.3 Å². The van der Waals surface area contributed by atoms with E-state index < -0.39 is 120 Å². The second-order valence-corrected chi connectivity index (χ2v) is 16.7. The minimum absolute atomic E-state index is 0.0418. The number of aliphatic imine (C=N–C) groups is 1. The van der Waals surface area contributed by atoms with E-state index in [4.69, 9.17) is 40.1 Å². The van der Waals surface area contributed by atoms with E-state index in [0.717, 1.165) is 0 Å². The number of nitrogens with one attached hydrogen (secondary N) is 8. The van der Waals surface area contributed by atoms with Crippen molar-refractivity contribution in [2.45, 2.75) is 126 Å². The number of nitrogens with two attached hydrogens (primary N) is 7. The summed E-state index contributed by atoms with van der Waals surface area (Å²) in [5.74, 6) is -8.09. The zero-order valence-corrected chi connectivity index (χ0v) is 40.0. The number of aromatic nitrogens is 2. The number of aliphatic hydroxyl groups excluding tert-OH is 1. The number of aliphatic carboxylic acids is 1. The molecule has 2 heterocycles. The fourth-order valence-electron chi connectivity index (χ4n) is 7.18. The monoisotopic (exact) mass is 1010 g/mol. The van der Waals surface area contributed by atoms with Gasteiger partial charge in [-0.3, -0.25) is 43.3 Å². The van der Waals surface area contributed by atoms with Gasteiger partial charge in [-0.1, -0.05) is 12.5 Å². The molecule has 1 aliphatic heterocycles. The number of carbonyl (C=O) groups is 9. The van der Waals surface area contributed by atoms with E-state index in [2.05, 4.69) is 52.2 Å². The number of likely N-dealkylation sites (tertiary alicyclic amines) is 1. The Morgan fingerprint density at radius 3 is 2.13 bits per heavy atom. The van der Waals surface area contributed by atoms with Crippen LogP contribution in [-0.2, 0) is 49.6 Å². The van der Waals surface area contributed by atoms with Crippen molar-refractivity contribution in [2.75, 3.05) is 45.8 Å². The Morgan fingerprint density at radius 1 is 0.831 bits per heavy atom. The average molecular weight is 1010 g/mol. The maximum absolute atomic E-state index is 14.0. The van der Waals surface area contributed by atoms with E-state index in [1.54, 1.807) is 0 Å². The molecule has 0 aliphatic carbocycles. The van der Waals surface area contributed by atoms with Crippen LogP contribution in [0.5, 0.6) is 0 Å². The summed E-state index contributed by atoms with van der Waals surface area (Å²) >= 11 is 0. The smallest absolute Gasteiger partial charge is 0.352 e. The lowest BCUT2D eigenvalue weighted by atomic mass is 10.1. The molecule has 1 aromatic rings. The number of carboxylic acids is 1. The van der Waals surface area contributed by atoms with E-state index in [1.165, 1.54) is 30.4 Å². The topological polar surface area (TPSA) is 505 Å². The Morgan fingerprint density at radius 2 is 1.52 bits per heavy atom. The van der Waals surface area contributed by atoms with Crippen LogP contribution in [0.1, 0.15) is 76.8 Å². The highest BCUT2D eigenvalue weighted by Crippen LogP contribution is 2.20. The van der Waals surface area contributed by atoms with Gasteiger partial charge in [-0.2, -0.15) is 0 Å². The quantitative estimate of drug-likeness (QED) is 0.0135. The lowest BCUT2D eigenvalue weighted by Gasteiger charge is -2.30. The predicted octanol–water partition coefficient (Wildman–Crippen LogP) is -7.49. The molecule has 0 spiro atoms. The lowest BCUT2D eigenvalue weighted by Crippen LogP contribution is -2.60. The molecule has 29 heteroatoms. The summed E-state index contributed by atoms with van der Waals surface area (Å²) in [6, 6.07) is -8.86. The lowest BCUT2D eigenvalue weighted by molar-refractivity contribution is -0.142. The summed E-state index contributed by atoms with van der Waals surface area (Å²) in [7, 11) is 0. The van der Waals surface area contributed by atoms with Gasteiger partial charge in [0.1, 0.15) is 41.9 Å². The van der Waals surface area contributed by atoms with Gasteiger partial charge in [0, 0.05) is 37.9 Å². The number of hydrogen-bond acceptors (Lipinski definition) is 17. The maximum atomic E-state index is 14.0. The number of rotatable bonds is 33. The highest BCUT2D eigenvalue weighted by atomic mass is 16.4. The third-order valence-electron chi connectivity index (χ3n) is 11.1. The van der Waals surface area contributed by atoms with Crippen LogP contribution >= 0.6 is 0 Å². The minimum Gasteiger partial charge on any atom is -0.477 e. The molecule has 71 heavy (non-hydrogen) atoms. The van der Waals surface area contributed by atoms with Crippen molar-refractivity contribution < 1.29 is 53.4 Å². The molecule has 2 rings (SSSR count). The average Bonchev–Trinajstić information content (AvgIpc) is 4.05. The Hall–Kier alpha value is -6.79. The van der Waals surface area contributed by atoms with Crippen LogP contribution < -0.4 is 77.4 Å². The standard InChI is InChI=1S/C42H74N18O11/c1-23(54-39(68)33(31(61)19-46)59-35(64)25(47)8-2-4-13-43)34(63)52-21-32(62)55-27(12-15-45)40(69)60-17-7-11-30(60)38(67)58-29(18-24-20-50-22-53-24)37(66)56-26(9-3-5-14-44)36(65)57-28(41(70)71)10-6-16-51-42(48)49/h10,20,22-23,25-27,29-31,33,61H,2-9,11-19,21,43-47H2,1H3,(H,50,53)(H,52,63)(H,54,68)(H,55,62)(H,56,66)(H,57,65)(H,58,67)(H,59,64)(H,70,71)(H4,48,49,51)/b28-10-/t23-,25-,26-,27+,29-,30-,31-,33-/m0/s1. The van der Waals surface area contributed by atoms with Crippen LogP contribution in [0, 0.1) is 0 Å². The summed E-state index contributed by atoms with van der Waals surface area (Å²) in [4.78, 5) is 131. The van der Waals surface area contributed by atoms with Crippen molar-refractivity contribution in [3.05, 3.63) is 30.0 Å². The van der Waals surface area contributed by atoms with Crippen LogP contribution in [0.4, 0.5) is 0 Å². The normalized spacial score (nSPS) is 16.4. The van der Waals surface area contributed by atoms with Crippen LogP contribution in [0.2, 0.25) is 0 Å². The number of H-pyrrole nitrogens is 1. The highest BCUT2D eigenvalue weighted by molar-refractivity contribution is 5.99. The second-order valence-electron chi connectivity index (χ2n) is 16.7. The Labute approximate surface area is 410 Å². The number of carbonyl (C=O) groups excluding carboxylic acids is 8. The number of amides is 8. The third kappa shape index (κ3) is 21.4. The van der Waals surface area contributed by atoms with Crippen LogP contribution in [0.25, 0.3) is 0 Å². The largest absolute Gasteiger partial charge is 0.477 e. The van der Waals surface area contributed by atoms with E-state index in [0.29, 0.717) is 44.3 Å². The van der Waals surface area contributed by atoms with Crippen molar-refractivity contribution >= 4 is 59.2 Å². The van der Waals surface area contributed by atoms with Gasteiger partial charge in [-0.05, 0) is 84.3 Å². The van der Waals surface area contributed by atoms with Crippen molar-refractivity contribution in [1.82, 2.24) is 52.1 Å². The van der Waals surface area contributed by atoms with Crippen LogP contribution in [-0.4, -0.2) is 178 Å². The number of carboxylic acid groups (broad SMARTS) is 1. The zero-order chi connectivity index (χ0) is 53.0. The van der Waals surface area contributed by atoms with Gasteiger partial charge in [0.05, 0.1) is 25.0 Å².